The molecule has 0 aromatic heterocycles. The van der Waals surface area contributed by atoms with Gasteiger partial charge in [-0.25, -0.2) is 0 Å². The van der Waals surface area contributed by atoms with E-state index < -0.39 is 0 Å². The number of ether oxygens (including phenoxy) is 2. The van der Waals surface area contributed by atoms with Gasteiger partial charge in [-0.3, -0.25) is 4.99 Å². The third-order valence-electron chi connectivity index (χ3n) is 5.49. The number of nitrogens with one attached hydrogen (secondary N) is 2. The Balaban J connectivity index is 0.00000261. The van der Waals surface area contributed by atoms with Gasteiger partial charge in [0.15, 0.2) is 5.96 Å². The van der Waals surface area contributed by atoms with E-state index in [0.717, 1.165) is 50.9 Å². The Morgan fingerprint density at radius 1 is 1.26 bits per heavy atom. The Kier molecular flexibility index (Phi) is 9.52. The summed E-state index contributed by atoms with van der Waals surface area (Å²) in [6.07, 6.45) is 4.68. The molecule has 2 fully saturated rings. The van der Waals surface area contributed by atoms with Gasteiger partial charge in [-0.1, -0.05) is 12.1 Å². The molecule has 2 saturated heterocycles. The van der Waals surface area contributed by atoms with Gasteiger partial charge in [0.2, 0.25) is 0 Å². The van der Waals surface area contributed by atoms with Gasteiger partial charge in [-0.15, -0.1) is 24.0 Å². The predicted molar refractivity (Wildman–Crippen MR) is 125 cm³/mol. The maximum absolute atomic E-state index is 5.64. The first-order valence-corrected chi connectivity index (χ1v) is 10.6. The van der Waals surface area contributed by atoms with Crippen molar-refractivity contribution in [2.24, 2.45) is 4.99 Å². The van der Waals surface area contributed by atoms with E-state index in [1.54, 1.807) is 7.11 Å². The van der Waals surface area contributed by atoms with E-state index in [4.69, 9.17) is 9.47 Å². The highest BCUT2D eigenvalue weighted by Crippen LogP contribution is 2.35. The molecule has 0 spiro atoms. The lowest BCUT2D eigenvalue weighted by atomic mass is 9.74. The molecule has 2 N–H and O–H groups in total. The van der Waals surface area contributed by atoms with Crippen LogP contribution in [0.25, 0.3) is 0 Å². The molecule has 0 saturated carbocycles. The zero-order valence-electron chi connectivity index (χ0n) is 16.3. The Hall–Kier alpha value is -0.670. The topological polar surface area (TPSA) is 54.9 Å². The van der Waals surface area contributed by atoms with E-state index in [1.807, 2.05) is 7.05 Å². The molecule has 3 rings (SSSR count). The number of thioether (sulfide) groups is 1. The standard InChI is InChI=1S/C20H31N3O2S.HI/c1-21-19(22-14-18-4-3-13-26-18)23-15-20(9-11-25-12-10-20)16-5-7-17(24-2)8-6-16;/h5-8,18H,3-4,9-15H2,1-2H3,(H2,21,22,23);1H. The van der Waals surface area contributed by atoms with Crippen LogP contribution in [0.2, 0.25) is 0 Å². The molecule has 0 aliphatic carbocycles. The van der Waals surface area contributed by atoms with E-state index in [0.29, 0.717) is 5.25 Å². The van der Waals surface area contributed by atoms with Crippen molar-refractivity contribution in [2.75, 3.05) is 46.2 Å². The number of rotatable bonds is 6. The van der Waals surface area contributed by atoms with Crippen molar-refractivity contribution in [2.45, 2.75) is 36.3 Å². The van der Waals surface area contributed by atoms with E-state index in [1.165, 1.54) is 24.2 Å². The van der Waals surface area contributed by atoms with Crippen LogP contribution in [0.15, 0.2) is 29.3 Å². The van der Waals surface area contributed by atoms with Crippen molar-refractivity contribution in [3.8, 4) is 5.75 Å². The number of benzene rings is 1. The summed E-state index contributed by atoms with van der Waals surface area (Å²) >= 11 is 2.07. The van der Waals surface area contributed by atoms with Crippen molar-refractivity contribution in [1.29, 1.82) is 0 Å². The fraction of sp³-hybridized carbons (Fsp3) is 0.650. The lowest BCUT2D eigenvalue weighted by molar-refractivity contribution is 0.0513. The number of methoxy groups -OCH3 is 1. The molecule has 1 aromatic carbocycles. The number of guanidine groups is 1. The summed E-state index contributed by atoms with van der Waals surface area (Å²) in [4.78, 5) is 4.42. The fourth-order valence-corrected chi connectivity index (χ4v) is 4.96. The normalized spacial score (nSPS) is 22.0. The molecular weight excluding hydrogens is 473 g/mol. The third kappa shape index (κ3) is 6.15. The summed E-state index contributed by atoms with van der Waals surface area (Å²) in [6, 6.07) is 8.49. The highest BCUT2D eigenvalue weighted by Gasteiger charge is 2.34. The molecule has 27 heavy (non-hydrogen) atoms. The second-order valence-electron chi connectivity index (χ2n) is 7.06. The van der Waals surface area contributed by atoms with Gasteiger partial charge in [-0.2, -0.15) is 11.8 Å². The van der Waals surface area contributed by atoms with Crippen LogP contribution in [-0.4, -0.2) is 57.4 Å². The Labute approximate surface area is 184 Å². The summed E-state index contributed by atoms with van der Waals surface area (Å²) in [5.41, 5.74) is 1.42. The smallest absolute Gasteiger partial charge is 0.191 e. The van der Waals surface area contributed by atoms with Crippen LogP contribution in [0.4, 0.5) is 0 Å². The molecule has 2 aliphatic rings. The third-order valence-corrected chi connectivity index (χ3v) is 6.89. The first kappa shape index (κ1) is 22.6. The summed E-state index contributed by atoms with van der Waals surface area (Å²) in [5.74, 6) is 3.09. The van der Waals surface area contributed by atoms with E-state index >= 15 is 0 Å². The molecule has 2 aliphatic heterocycles. The van der Waals surface area contributed by atoms with Crippen LogP contribution in [0.3, 0.4) is 0 Å². The maximum atomic E-state index is 5.64. The molecule has 0 radical (unpaired) electrons. The van der Waals surface area contributed by atoms with Crippen molar-refractivity contribution >= 4 is 41.7 Å². The Morgan fingerprint density at radius 3 is 2.59 bits per heavy atom. The average Bonchev–Trinajstić information content (AvgIpc) is 3.22. The van der Waals surface area contributed by atoms with Crippen molar-refractivity contribution < 1.29 is 9.47 Å². The van der Waals surface area contributed by atoms with Gasteiger partial charge in [-0.05, 0) is 49.1 Å². The second kappa shape index (κ2) is 11.4. The minimum Gasteiger partial charge on any atom is -0.497 e. The van der Waals surface area contributed by atoms with Gasteiger partial charge >= 0.3 is 0 Å². The quantitative estimate of drug-likeness (QED) is 0.353. The molecule has 0 amide bonds. The van der Waals surface area contributed by atoms with Gasteiger partial charge in [0.25, 0.3) is 0 Å². The van der Waals surface area contributed by atoms with Crippen molar-refractivity contribution in [3.05, 3.63) is 29.8 Å². The summed E-state index contributed by atoms with van der Waals surface area (Å²) in [7, 11) is 3.56. The summed E-state index contributed by atoms with van der Waals surface area (Å²) in [6.45, 7) is 3.46. The lowest BCUT2D eigenvalue weighted by Crippen LogP contribution is -2.48. The molecule has 1 atom stereocenters. The monoisotopic (exact) mass is 505 g/mol. The molecule has 152 valence electrons. The fourth-order valence-electron chi connectivity index (χ4n) is 3.76. The second-order valence-corrected chi connectivity index (χ2v) is 8.47. The van der Waals surface area contributed by atoms with E-state index in [2.05, 4.69) is 51.7 Å². The summed E-state index contributed by atoms with van der Waals surface area (Å²) < 4.78 is 11.0. The Bertz CT molecular complexity index is 585. The highest BCUT2D eigenvalue weighted by molar-refractivity contribution is 14.0. The van der Waals surface area contributed by atoms with Crippen LogP contribution >= 0.6 is 35.7 Å². The number of aliphatic imine (C=N–C) groups is 1. The minimum atomic E-state index is 0. The van der Waals surface area contributed by atoms with Crippen LogP contribution < -0.4 is 15.4 Å². The zero-order valence-corrected chi connectivity index (χ0v) is 19.5. The number of hydrogen-bond donors (Lipinski definition) is 2. The predicted octanol–water partition coefficient (Wildman–Crippen LogP) is 3.42. The van der Waals surface area contributed by atoms with Gasteiger partial charge < -0.3 is 20.1 Å². The molecule has 0 bridgehead atoms. The molecule has 5 nitrogen and oxygen atoms in total. The van der Waals surface area contributed by atoms with Crippen LogP contribution in [0, 0.1) is 0 Å². The molecule has 1 unspecified atom stereocenters. The molecular formula is C20H32IN3O2S. The van der Waals surface area contributed by atoms with Crippen molar-refractivity contribution in [1.82, 2.24) is 10.6 Å². The van der Waals surface area contributed by atoms with Gasteiger partial charge in [0, 0.05) is 44.0 Å². The van der Waals surface area contributed by atoms with Crippen LogP contribution in [0.1, 0.15) is 31.2 Å². The minimum absolute atomic E-state index is 0. The molecule has 2 heterocycles. The largest absolute Gasteiger partial charge is 0.497 e. The van der Waals surface area contributed by atoms with E-state index in [9.17, 15) is 0 Å². The number of nitrogens with zero attached hydrogens (tertiary/aromatic N) is 1. The Morgan fingerprint density at radius 2 is 2.00 bits per heavy atom. The average molecular weight is 505 g/mol. The summed E-state index contributed by atoms with van der Waals surface area (Å²) in [5, 5.41) is 7.79. The molecule has 7 heteroatoms. The van der Waals surface area contributed by atoms with Crippen LogP contribution in [-0.2, 0) is 10.2 Å². The maximum Gasteiger partial charge on any atom is 0.191 e. The van der Waals surface area contributed by atoms with E-state index in [-0.39, 0.29) is 29.4 Å². The SMILES string of the molecule is CN=C(NCC1CCCS1)NCC1(c2ccc(OC)cc2)CCOCC1.I. The first-order chi connectivity index (χ1) is 12.8. The zero-order chi connectivity index (χ0) is 18.2. The van der Waals surface area contributed by atoms with Gasteiger partial charge in [0.1, 0.15) is 5.75 Å². The van der Waals surface area contributed by atoms with Crippen molar-refractivity contribution in [3.63, 3.8) is 0 Å². The number of halogens is 1. The van der Waals surface area contributed by atoms with Gasteiger partial charge in [0.05, 0.1) is 7.11 Å². The van der Waals surface area contributed by atoms with Crippen LogP contribution in [0.5, 0.6) is 5.75 Å². The molecule has 1 aromatic rings. The lowest BCUT2D eigenvalue weighted by Gasteiger charge is -2.38. The highest BCUT2D eigenvalue weighted by atomic mass is 127. The first-order valence-electron chi connectivity index (χ1n) is 9.54. The number of hydrogen-bond acceptors (Lipinski definition) is 4.